The van der Waals surface area contributed by atoms with E-state index in [0.29, 0.717) is 22.1 Å². The number of nitrogens with zero attached hydrogens (tertiary/aromatic N) is 1. The largest absolute Gasteiger partial charge is 1.00 e. The van der Waals surface area contributed by atoms with E-state index in [2.05, 4.69) is 23.3 Å². The van der Waals surface area contributed by atoms with Gasteiger partial charge in [-0.05, 0) is 61.9 Å². The number of piperidine rings is 1. The molecule has 1 aliphatic rings. The fourth-order valence-corrected chi connectivity index (χ4v) is 4.44. The van der Waals surface area contributed by atoms with Crippen LogP contribution in [-0.4, -0.2) is 30.7 Å². The zero-order valence-corrected chi connectivity index (χ0v) is 18.7. The number of halogens is 3. The van der Waals surface area contributed by atoms with Gasteiger partial charge in [0.2, 0.25) is 0 Å². The fourth-order valence-electron chi connectivity index (χ4n) is 4.12. The molecule has 0 amide bonds. The Hall–Kier alpha value is -1.46. The number of likely N-dealkylation sites (tertiary alicyclic amines) is 1. The maximum absolute atomic E-state index is 6.15. The molecule has 4 rings (SSSR count). The van der Waals surface area contributed by atoms with Crippen LogP contribution >= 0.6 is 23.2 Å². The summed E-state index contributed by atoms with van der Waals surface area (Å²) in [6.07, 6.45) is 3.57. The molecule has 2 N–H and O–H groups in total. The van der Waals surface area contributed by atoms with Gasteiger partial charge in [0.1, 0.15) is 5.52 Å². The van der Waals surface area contributed by atoms with Crippen molar-refractivity contribution in [1.82, 2.24) is 4.98 Å². The van der Waals surface area contributed by atoms with Gasteiger partial charge in [0.05, 0.1) is 35.7 Å². The second-order valence-electron chi connectivity index (χ2n) is 7.88. The first-order valence-corrected chi connectivity index (χ1v) is 10.7. The first kappa shape index (κ1) is 22.2. The molecule has 1 saturated heterocycles. The average molecular weight is 455 g/mol. The second-order valence-corrected chi connectivity index (χ2v) is 8.70. The first-order chi connectivity index (χ1) is 13.6. The molecule has 0 radical (unpaired) electrons. The number of hydrogen-bond acceptors (Lipinski definition) is 3. The monoisotopic (exact) mass is 453 g/mol. The molecule has 1 unspecified atom stereocenters. The molecule has 2 heterocycles. The first-order valence-electron chi connectivity index (χ1n) is 9.96. The number of benzene rings is 2. The van der Waals surface area contributed by atoms with Crippen LogP contribution in [0.5, 0.6) is 0 Å². The molecule has 0 bridgehead atoms. The van der Waals surface area contributed by atoms with Gasteiger partial charge in [-0.1, -0.05) is 41.4 Å². The number of nitrogens with one attached hydrogen (secondary N) is 2. The van der Waals surface area contributed by atoms with E-state index in [9.17, 15) is 0 Å². The van der Waals surface area contributed by atoms with Crippen LogP contribution < -0.4 is 22.6 Å². The number of quaternary nitrogens is 1. The molecule has 3 aromatic rings. The Morgan fingerprint density at radius 3 is 2.62 bits per heavy atom. The highest BCUT2D eigenvalue weighted by Crippen LogP contribution is 2.25. The lowest BCUT2D eigenvalue weighted by molar-refractivity contribution is -0.906. The fraction of sp³-hybridized carbons (Fsp3) is 0.409. The molecular weight excluding hydrogens is 429 g/mol. The van der Waals surface area contributed by atoms with Crippen LogP contribution in [0.2, 0.25) is 10.0 Å². The summed E-state index contributed by atoms with van der Waals surface area (Å²) in [5, 5.41) is 4.70. The molecule has 1 aromatic heterocycles. The maximum atomic E-state index is 6.15. The molecule has 156 valence electrons. The summed E-state index contributed by atoms with van der Waals surface area (Å²) < 4.78 is 5.78. The predicted octanol–water partition coefficient (Wildman–Crippen LogP) is 1.48. The highest BCUT2D eigenvalue weighted by Gasteiger charge is 2.24. The van der Waals surface area contributed by atoms with Gasteiger partial charge in [0, 0.05) is 0 Å². The van der Waals surface area contributed by atoms with Crippen LogP contribution in [0.25, 0.3) is 11.1 Å². The molecule has 1 aliphatic heterocycles. The Morgan fingerprint density at radius 1 is 1.14 bits per heavy atom. The third kappa shape index (κ3) is 5.79. The molecule has 4 nitrogen and oxygen atoms in total. The zero-order chi connectivity index (χ0) is 19.5. The van der Waals surface area contributed by atoms with Crippen molar-refractivity contribution in [2.45, 2.75) is 32.2 Å². The number of aromatic nitrogens is 1. The van der Waals surface area contributed by atoms with Crippen molar-refractivity contribution in [2.24, 2.45) is 5.92 Å². The van der Waals surface area contributed by atoms with Gasteiger partial charge in [-0.3, -0.25) is 0 Å². The topological polar surface area (TPSA) is 42.5 Å². The molecule has 1 atom stereocenters. The summed E-state index contributed by atoms with van der Waals surface area (Å²) in [7, 11) is 0. The normalized spacial score (nSPS) is 20.2. The van der Waals surface area contributed by atoms with Crippen LogP contribution in [0, 0.1) is 5.92 Å². The molecule has 1 fully saturated rings. The summed E-state index contributed by atoms with van der Waals surface area (Å²) in [5.74, 6) is 0.723. The van der Waals surface area contributed by atoms with Crippen LogP contribution in [0.1, 0.15) is 25.3 Å². The Bertz CT molecular complexity index is 905. The maximum Gasteiger partial charge on any atom is 0.296 e. The van der Waals surface area contributed by atoms with Crippen molar-refractivity contribution in [1.29, 1.82) is 0 Å². The van der Waals surface area contributed by atoms with E-state index in [1.54, 1.807) is 4.90 Å². The van der Waals surface area contributed by atoms with E-state index in [1.807, 2.05) is 36.4 Å². The Labute approximate surface area is 188 Å². The SMILES string of the molecule is CC(C[NH+]1CCC(Cc2ccc(Cl)c(Cl)c2)CC1)Nc1nc2ccccc2o1.[Cl-]. The van der Waals surface area contributed by atoms with E-state index in [1.165, 1.54) is 31.5 Å². The highest BCUT2D eigenvalue weighted by atomic mass is 35.5. The lowest BCUT2D eigenvalue weighted by Gasteiger charge is -2.31. The molecular formula is C22H26Cl3N3O. The predicted molar refractivity (Wildman–Crippen MR) is 116 cm³/mol. The van der Waals surface area contributed by atoms with Gasteiger partial charge in [0.25, 0.3) is 6.01 Å². The molecule has 7 heteroatoms. The van der Waals surface area contributed by atoms with Gasteiger partial charge in [0.15, 0.2) is 5.58 Å². The summed E-state index contributed by atoms with van der Waals surface area (Å²) in [5.41, 5.74) is 3.01. The average Bonchev–Trinajstić information content (AvgIpc) is 3.08. The third-order valence-corrected chi connectivity index (χ3v) is 6.32. The second kappa shape index (κ2) is 10.0. The van der Waals surface area contributed by atoms with Crippen molar-refractivity contribution in [2.75, 3.05) is 25.0 Å². The molecule has 2 aromatic carbocycles. The minimum absolute atomic E-state index is 0. The van der Waals surface area contributed by atoms with Crippen LogP contribution in [0.3, 0.4) is 0 Å². The smallest absolute Gasteiger partial charge is 0.296 e. The number of oxazole rings is 1. The Morgan fingerprint density at radius 2 is 1.90 bits per heavy atom. The van der Waals surface area contributed by atoms with E-state index in [-0.39, 0.29) is 12.4 Å². The van der Waals surface area contributed by atoms with Crippen molar-refractivity contribution in [3.63, 3.8) is 0 Å². The zero-order valence-electron chi connectivity index (χ0n) is 16.4. The number of para-hydroxylation sites is 2. The van der Waals surface area contributed by atoms with Crippen molar-refractivity contribution in [3.8, 4) is 0 Å². The van der Waals surface area contributed by atoms with Crippen molar-refractivity contribution >= 4 is 40.3 Å². The van der Waals surface area contributed by atoms with Crippen LogP contribution in [0.4, 0.5) is 6.01 Å². The third-order valence-electron chi connectivity index (χ3n) is 5.58. The number of hydrogen-bond donors (Lipinski definition) is 2. The van der Waals surface area contributed by atoms with Gasteiger partial charge in [-0.2, -0.15) is 4.98 Å². The summed E-state index contributed by atoms with van der Waals surface area (Å²) >= 11 is 12.2. The summed E-state index contributed by atoms with van der Waals surface area (Å²) in [6.45, 7) is 5.67. The van der Waals surface area contributed by atoms with Crippen molar-refractivity contribution < 1.29 is 21.7 Å². The Kier molecular flexibility index (Phi) is 7.69. The van der Waals surface area contributed by atoms with Gasteiger partial charge in [-0.15, -0.1) is 0 Å². The lowest BCUT2D eigenvalue weighted by Crippen LogP contribution is -3.14. The molecule has 0 saturated carbocycles. The standard InChI is InChI=1S/C22H25Cl2N3O.ClH/c1-15(25-22-26-20-4-2-3-5-21(20)28-22)14-27-10-8-16(9-11-27)12-17-6-7-18(23)19(24)13-17;/h2-7,13,15-16H,8-12,14H2,1H3,(H,25,26);1H. The van der Waals surface area contributed by atoms with E-state index >= 15 is 0 Å². The molecule has 0 aliphatic carbocycles. The van der Waals surface area contributed by atoms with Crippen molar-refractivity contribution in [3.05, 3.63) is 58.1 Å². The molecule has 0 spiro atoms. The molecule has 29 heavy (non-hydrogen) atoms. The van der Waals surface area contributed by atoms with E-state index in [4.69, 9.17) is 27.6 Å². The minimum atomic E-state index is 0. The van der Waals surface area contributed by atoms with E-state index < -0.39 is 0 Å². The number of anilines is 1. The van der Waals surface area contributed by atoms with E-state index in [0.717, 1.165) is 30.0 Å². The lowest BCUT2D eigenvalue weighted by atomic mass is 9.90. The van der Waals surface area contributed by atoms with Crippen LogP contribution in [0.15, 0.2) is 46.9 Å². The van der Waals surface area contributed by atoms with Crippen LogP contribution in [-0.2, 0) is 6.42 Å². The number of fused-ring (bicyclic) bond motifs is 1. The van der Waals surface area contributed by atoms with Gasteiger partial charge in [-0.25, -0.2) is 0 Å². The van der Waals surface area contributed by atoms with Gasteiger partial charge >= 0.3 is 0 Å². The minimum Gasteiger partial charge on any atom is -1.00 e. The highest BCUT2D eigenvalue weighted by molar-refractivity contribution is 6.42. The number of rotatable bonds is 6. The quantitative estimate of drug-likeness (QED) is 0.593. The summed E-state index contributed by atoms with van der Waals surface area (Å²) in [6, 6.07) is 14.8. The van der Waals surface area contributed by atoms with Gasteiger partial charge < -0.3 is 27.0 Å². The summed E-state index contributed by atoms with van der Waals surface area (Å²) in [4.78, 5) is 6.15. The Balaban J connectivity index is 0.00000240.